The Bertz CT molecular complexity index is 943. The molecule has 0 saturated carbocycles. The number of pyridine rings is 1. The lowest BCUT2D eigenvalue weighted by molar-refractivity contribution is 0.102. The van der Waals surface area contributed by atoms with Gasteiger partial charge in [0.2, 0.25) is 10.0 Å². The molecule has 0 aliphatic carbocycles. The minimum atomic E-state index is -3.50. The second kappa shape index (κ2) is 9.26. The maximum absolute atomic E-state index is 12.6. The fourth-order valence-electron chi connectivity index (χ4n) is 2.92. The topological polar surface area (TPSA) is 76.6 Å². The van der Waals surface area contributed by atoms with Crippen LogP contribution >= 0.6 is 23.4 Å². The molecule has 2 heterocycles. The predicted molar refractivity (Wildman–Crippen MR) is 110 cm³/mol. The predicted octanol–water partition coefficient (Wildman–Crippen LogP) is 3.89. The van der Waals surface area contributed by atoms with Crippen molar-refractivity contribution in [2.75, 3.05) is 26.0 Å². The number of piperidine rings is 1. The van der Waals surface area contributed by atoms with E-state index in [2.05, 4.69) is 4.98 Å². The standard InChI is InChI=1S/C19H21ClN2O4S2/c1-26-18-7-5-14(11-16(18)20)17(23)13-27-19-8-6-15(12-21-19)28(24,25)22-9-3-2-4-10-22/h5-8,11-12H,2-4,9-10,13H2,1H3. The van der Waals surface area contributed by atoms with Crippen LogP contribution in [0.25, 0.3) is 0 Å². The number of benzene rings is 1. The molecule has 0 bridgehead atoms. The van der Waals surface area contributed by atoms with Crippen molar-refractivity contribution in [3.8, 4) is 5.75 Å². The smallest absolute Gasteiger partial charge is 0.244 e. The molecule has 1 aromatic heterocycles. The number of ketones is 1. The van der Waals surface area contributed by atoms with Gasteiger partial charge in [-0.25, -0.2) is 13.4 Å². The number of Topliss-reactive ketones (excluding diaryl/α,β-unsaturated/α-hetero) is 1. The summed E-state index contributed by atoms with van der Waals surface area (Å²) in [6.07, 6.45) is 4.20. The molecule has 0 spiro atoms. The summed E-state index contributed by atoms with van der Waals surface area (Å²) >= 11 is 7.31. The van der Waals surface area contributed by atoms with E-state index in [1.54, 1.807) is 30.3 Å². The summed E-state index contributed by atoms with van der Waals surface area (Å²) in [6, 6.07) is 8.07. The number of aromatic nitrogens is 1. The van der Waals surface area contributed by atoms with Crippen LogP contribution in [0.3, 0.4) is 0 Å². The molecule has 0 radical (unpaired) electrons. The van der Waals surface area contributed by atoms with Crippen LogP contribution in [0.5, 0.6) is 5.75 Å². The van der Waals surface area contributed by atoms with Gasteiger partial charge >= 0.3 is 0 Å². The number of ether oxygens (including phenoxy) is 1. The first-order valence-electron chi connectivity index (χ1n) is 8.87. The van der Waals surface area contributed by atoms with E-state index < -0.39 is 10.0 Å². The van der Waals surface area contributed by atoms with Crippen molar-refractivity contribution in [2.45, 2.75) is 29.2 Å². The average Bonchev–Trinajstić information content (AvgIpc) is 2.73. The van der Waals surface area contributed by atoms with Gasteiger partial charge in [-0.15, -0.1) is 0 Å². The van der Waals surface area contributed by atoms with Gasteiger partial charge < -0.3 is 4.74 Å². The molecule has 0 N–H and O–H groups in total. The van der Waals surface area contributed by atoms with E-state index >= 15 is 0 Å². The number of nitrogens with zero attached hydrogens (tertiary/aromatic N) is 2. The van der Waals surface area contributed by atoms with Crippen molar-refractivity contribution in [2.24, 2.45) is 0 Å². The van der Waals surface area contributed by atoms with Gasteiger partial charge in [-0.1, -0.05) is 29.8 Å². The number of carbonyl (C=O) groups is 1. The molecule has 1 aromatic carbocycles. The van der Waals surface area contributed by atoms with E-state index in [1.807, 2.05) is 0 Å². The maximum Gasteiger partial charge on any atom is 0.244 e. The van der Waals surface area contributed by atoms with E-state index in [-0.39, 0.29) is 16.4 Å². The van der Waals surface area contributed by atoms with Crippen molar-refractivity contribution in [1.82, 2.24) is 9.29 Å². The van der Waals surface area contributed by atoms with Crippen molar-refractivity contribution in [1.29, 1.82) is 0 Å². The zero-order valence-electron chi connectivity index (χ0n) is 15.4. The van der Waals surface area contributed by atoms with Crippen LogP contribution in [-0.2, 0) is 10.0 Å². The van der Waals surface area contributed by atoms with E-state index in [1.165, 1.54) is 29.4 Å². The van der Waals surface area contributed by atoms with Crippen LogP contribution in [0, 0.1) is 0 Å². The lowest BCUT2D eigenvalue weighted by Gasteiger charge is -2.25. The lowest BCUT2D eigenvalue weighted by Crippen LogP contribution is -2.35. The van der Waals surface area contributed by atoms with Crippen molar-refractivity contribution < 1.29 is 17.9 Å². The Balaban J connectivity index is 1.63. The molecule has 0 atom stereocenters. The molecule has 1 aliphatic heterocycles. The molecular formula is C19H21ClN2O4S2. The van der Waals surface area contributed by atoms with E-state index in [0.29, 0.717) is 34.5 Å². The molecule has 150 valence electrons. The SMILES string of the molecule is COc1ccc(C(=O)CSc2ccc(S(=O)(=O)N3CCCCC3)cn2)cc1Cl. The Hall–Kier alpha value is -1.61. The number of halogens is 1. The van der Waals surface area contributed by atoms with Gasteiger partial charge in [0.05, 0.1) is 22.9 Å². The summed E-state index contributed by atoms with van der Waals surface area (Å²) in [7, 11) is -1.98. The van der Waals surface area contributed by atoms with Crippen LogP contribution in [-0.4, -0.2) is 49.4 Å². The Labute approximate surface area is 174 Å². The monoisotopic (exact) mass is 440 g/mol. The fourth-order valence-corrected chi connectivity index (χ4v) is 5.38. The van der Waals surface area contributed by atoms with Crippen molar-refractivity contribution in [3.05, 3.63) is 47.1 Å². The number of sulfonamides is 1. The zero-order chi connectivity index (χ0) is 20.1. The van der Waals surface area contributed by atoms with Gasteiger partial charge in [0.1, 0.15) is 10.6 Å². The van der Waals surface area contributed by atoms with Crippen LogP contribution < -0.4 is 4.74 Å². The number of rotatable bonds is 7. The Morgan fingerprint density at radius 1 is 1.21 bits per heavy atom. The molecule has 3 rings (SSSR count). The van der Waals surface area contributed by atoms with E-state index in [4.69, 9.17) is 16.3 Å². The highest BCUT2D eigenvalue weighted by atomic mass is 35.5. The third-order valence-electron chi connectivity index (χ3n) is 4.49. The Morgan fingerprint density at radius 3 is 2.57 bits per heavy atom. The Kier molecular flexibility index (Phi) is 6.98. The molecule has 1 saturated heterocycles. The van der Waals surface area contributed by atoms with Gasteiger partial charge in [-0.05, 0) is 43.2 Å². The summed E-state index contributed by atoms with van der Waals surface area (Å²) in [6.45, 7) is 1.11. The van der Waals surface area contributed by atoms with Crippen LogP contribution in [0.15, 0.2) is 46.5 Å². The quantitative estimate of drug-likeness (QED) is 0.480. The summed E-state index contributed by atoms with van der Waals surface area (Å²) in [5.41, 5.74) is 0.489. The molecular weight excluding hydrogens is 420 g/mol. The minimum Gasteiger partial charge on any atom is -0.495 e. The molecule has 0 amide bonds. The highest BCUT2D eigenvalue weighted by Gasteiger charge is 2.26. The first kappa shape index (κ1) is 21.1. The lowest BCUT2D eigenvalue weighted by atomic mass is 10.1. The molecule has 28 heavy (non-hydrogen) atoms. The normalized spacial score (nSPS) is 15.4. The third-order valence-corrected chi connectivity index (χ3v) is 7.61. The summed E-state index contributed by atoms with van der Waals surface area (Å²) in [5.74, 6) is 0.591. The summed E-state index contributed by atoms with van der Waals surface area (Å²) in [4.78, 5) is 16.7. The van der Waals surface area contributed by atoms with Crippen LogP contribution in [0.4, 0.5) is 0 Å². The maximum atomic E-state index is 12.6. The molecule has 0 unspecified atom stereocenters. The molecule has 1 aliphatic rings. The second-order valence-corrected chi connectivity index (χ2v) is 9.70. The van der Waals surface area contributed by atoms with Gasteiger partial charge in [-0.2, -0.15) is 4.31 Å². The molecule has 6 nitrogen and oxygen atoms in total. The van der Waals surface area contributed by atoms with E-state index in [0.717, 1.165) is 19.3 Å². The highest BCUT2D eigenvalue weighted by Crippen LogP contribution is 2.27. The molecule has 1 fully saturated rings. The van der Waals surface area contributed by atoms with Crippen molar-refractivity contribution in [3.63, 3.8) is 0 Å². The highest BCUT2D eigenvalue weighted by molar-refractivity contribution is 7.99. The van der Waals surface area contributed by atoms with Gasteiger partial charge in [-0.3, -0.25) is 4.79 Å². The largest absolute Gasteiger partial charge is 0.495 e. The summed E-state index contributed by atoms with van der Waals surface area (Å²) < 4.78 is 31.9. The number of thioether (sulfide) groups is 1. The van der Waals surface area contributed by atoms with Crippen molar-refractivity contribution >= 4 is 39.2 Å². The summed E-state index contributed by atoms with van der Waals surface area (Å²) in [5, 5.41) is 0.967. The second-order valence-electron chi connectivity index (χ2n) is 6.36. The average molecular weight is 441 g/mol. The van der Waals surface area contributed by atoms with Gasteiger partial charge in [0.25, 0.3) is 0 Å². The number of methoxy groups -OCH3 is 1. The van der Waals surface area contributed by atoms with Gasteiger partial charge in [0, 0.05) is 24.8 Å². The third kappa shape index (κ3) is 4.86. The fraction of sp³-hybridized carbons (Fsp3) is 0.368. The zero-order valence-corrected chi connectivity index (χ0v) is 17.8. The minimum absolute atomic E-state index is 0.0960. The molecule has 9 heteroatoms. The number of hydrogen-bond acceptors (Lipinski definition) is 6. The number of carbonyl (C=O) groups excluding carboxylic acids is 1. The first-order chi connectivity index (χ1) is 13.4. The molecule has 2 aromatic rings. The Morgan fingerprint density at radius 2 is 1.96 bits per heavy atom. The van der Waals surface area contributed by atoms with Gasteiger partial charge in [0.15, 0.2) is 5.78 Å². The van der Waals surface area contributed by atoms with Crippen LogP contribution in [0.1, 0.15) is 29.6 Å². The number of hydrogen-bond donors (Lipinski definition) is 0. The first-order valence-corrected chi connectivity index (χ1v) is 11.7. The van der Waals surface area contributed by atoms with E-state index in [9.17, 15) is 13.2 Å². The van der Waals surface area contributed by atoms with Crippen LogP contribution in [0.2, 0.25) is 5.02 Å².